The summed E-state index contributed by atoms with van der Waals surface area (Å²) in [4.78, 5) is 0. The highest BCUT2D eigenvalue weighted by Gasteiger charge is 2.16. The molecular weight excluding hydrogens is 172 g/mol. The maximum absolute atomic E-state index is 9.59. The van der Waals surface area contributed by atoms with Gasteiger partial charge in [-0.15, -0.1) is 0 Å². The van der Waals surface area contributed by atoms with Gasteiger partial charge in [-0.25, -0.2) is 0 Å². The van der Waals surface area contributed by atoms with E-state index in [2.05, 4.69) is 31.7 Å². The van der Waals surface area contributed by atoms with Crippen molar-refractivity contribution in [2.75, 3.05) is 0 Å². The molecule has 0 saturated heterocycles. The van der Waals surface area contributed by atoms with Gasteiger partial charge in [0.25, 0.3) is 0 Å². The van der Waals surface area contributed by atoms with Crippen molar-refractivity contribution in [2.24, 2.45) is 0 Å². The molecule has 78 valence electrons. The minimum atomic E-state index is -0.311. The van der Waals surface area contributed by atoms with E-state index < -0.39 is 0 Å². The second-order valence-corrected chi connectivity index (χ2v) is 3.92. The average Bonchev–Trinajstić information content (AvgIpc) is 2.18. The number of aliphatic hydroxyl groups is 1. The number of hydrogen-bond acceptors (Lipinski definition) is 1. The summed E-state index contributed by atoms with van der Waals surface area (Å²) in [6.45, 7) is 6.02. The van der Waals surface area contributed by atoms with Gasteiger partial charge < -0.3 is 5.11 Å². The monoisotopic (exact) mass is 192 g/mol. The van der Waals surface area contributed by atoms with E-state index in [0.717, 1.165) is 31.3 Å². The van der Waals surface area contributed by atoms with Crippen LogP contribution in [0.3, 0.4) is 0 Å². The van der Waals surface area contributed by atoms with E-state index in [1.807, 2.05) is 0 Å². The van der Waals surface area contributed by atoms with Gasteiger partial charge in [-0.05, 0) is 31.3 Å². The van der Waals surface area contributed by atoms with Gasteiger partial charge in [0.15, 0.2) is 0 Å². The summed E-state index contributed by atoms with van der Waals surface area (Å²) >= 11 is 0. The quantitative estimate of drug-likeness (QED) is 0.680. The Morgan fingerprint density at radius 3 is 2.93 bits per heavy atom. The van der Waals surface area contributed by atoms with Gasteiger partial charge in [-0.2, -0.15) is 0 Å². The van der Waals surface area contributed by atoms with Gasteiger partial charge in [0.1, 0.15) is 0 Å². The maximum Gasteiger partial charge on any atom is 0.0784 e. The van der Waals surface area contributed by atoms with Crippen molar-refractivity contribution in [1.82, 2.24) is 0 Å². The Bertz CT molecular complexity index is 248. The van der Waals surface area contributed by atoms with E-state index in [0.29, 0.717) is 0 Å². The SMILES string of the molecule is C=C1CC/C(=C\C=C/CCC)C[C@H]1O. The van der Waals surface area contributed by atoms with Crippen molar-refractivity contribution in [2.45, 2.75) is 45.1 Å². The topological polar surface area (TPSA) is 20.2 Å². The van der Waals surface area contributed by atoms with Crippen molar-refractivity contribution in [3.8, 4) is 0 Å². The predicted molar refractivity (Wildman–Crippen MR) is 61.1 cm³/mol. The van der Waals surface area contributed by atoms with Crippen molar-refractivity contribution >= 4 is 0 Å². The van der Waals surface area contributed by atoms with E-state index in [-0.39, 0.29) is 6.10 Å². The minimum absolute atomic E-state index is 0.311. The largest absolute Gasteiger partial charge is 0.388 e. The molecule has 1 aliphatic carbocycles. The van der Waals surface area contributed by atoms with Crippen LogP contribution in [0.4, 0.5) is 0 Å². The molecule has 0 radical (unpaired) electrons. The Kier molecular flexibility index (Phi) is 4.68. The molecule has 14 heavy (non-hydrogen) atoms. The Morgan fingerprint density at radius 2 is 2.29 bits per heavy atom. The summed E-state index contributed by atoms with van der Waals surface area (Å²) < 4.78 is 0. The van der Waals surface area contributed by atoms with Crippen LogP contribution in [-0.2, 0) is 0 Å². The first kappa shape index (κ1) is 11.3. The van der Waals surface area contributed by atoms with Gasteiger partial charge in [0.05, 0.1) is 6.10 Å². The molecule has 0 unspecified atom stereocenters. The molecule has 1 aliphatic rings. The summed E-state index contributed by atoms with van der Waals surface area (Å²) in [6, 6.07) is 0. The molecule has 0 amide bonds. The molecule has 1 nitrogen and oxygen atoms in total. The lowest BCUT2D eigenvalue weighted by atomic mass is 9.89. The average molecular weight is 192 g/mol. The van der Waals surface area contributed by atoms with E-state index in [9.17, 15) is 5.11 Å². The second-order valence-electron chi connectivity index (χ2n) is 3.92. The van der Waals surface area contributed by atoms with Crippen LogP contribution in [0.2, 0.25) is 0 Å². The van der Waals surface area contributed by atoms with Gasteiger partial charge in [-0.3, -0.25) is 0 Å². The third kappa shape index (κ3) is 3.51. The lowest BCUT2D eigenvalue weighted by Crippen LogP contribution is -2.15. The van der Waals surface area contributed by atoms with Crippen LogP contribution in [0.25, 0.3) is 0 Å². The summed E-state index contributed by atoms with van der Waals surface area (Å²) in [7, 11) is 0. The molecule has 0 heterocycles. The molecule has 1 saturated carbocycles. The molecule has 0 aromatic carbocycles. The van der Waals surface area contributed by atoms with Crippen LogP contribution in [0.1, 0.15) is 39.0 Å². The van der Waals surface area contributed by atoms with Crippen LogP contribution in [0, 0.1) is 0 Å². The molecule has 0 spiro atoms. The zero-order valence-electron chi connectivity index (χ0n) is 9.00. The highest BCUT2D eigenvalue weighted by molar-refractivity contribution is 5.22. The molecule has 0 aliphatic heterocycles. The van der Waals surface area contributed by atoms with E-state index in [1.54, 1.807) is 0 Å². The molecule has 0 aromatic rings. The predicted octanol–water partition coefficient (Wildman–Crippen LogP) is 3.37. The molecule has 0 aromatic heterocycles. The Labute approximate surface area is 86.8 Å². The Hall–Kier alpha value is -0.820. The smallest absolute Gasteiger partial charge is 0.0784 e. The molecule has 1 heteroatoms. The maximum atomic E-state index is 9.59. The number of hydrogen-bond donors (Lipinski definition) is 1. The lowest BCUT2D eigenvalue weighted by molar-refractivity contribution is 0.197. The zero-order valence-corrected chi connectivity index (χ0v) is 9.00. The fraction of sp³-hybridized carbons (Fsp3) is 0.538. The molecule has 1 atom stereocenters. The number of aliphatic hydroxyl groups excluding tert-OH is 1. The fourth-order valence-corrected chi connectivity index (χ4v) is 1.60. The fourth-order valence-electron chi connectivity index (χ4n) is 1.60. The van der Waals surface area contributed by atoms with E-state index in [1.165, 1.54) is 12.0 Å². The molecule has 1 fully saturated rings. The van der Waals surface area contributed by atoms with Gasteiger partial charge in [-0.1, -0.05) is 43.7 Å². The van der Waals surface area contributed by atoms with E-state index >= 15 is 0 Å². The van der Waals surface area contributed by atoms with E-state index in [4.69, 9.17) is 0 Å². The first-order valence-electron chi connectivity index (χ1n) is 5.44. The lowest BCUT2D eigenvalue weighted by Gasteiger charge is -2.21. The second kappa shape index (κ2) is 5.82. The highest BCUT2D eigenvalue weighted by atomic mass is 16.3. The highest BCUT2D eigenvalue weighted by Crippen LogP contribution is 2.26. The minimum Gasteiger partial charge on any atom is -0.388 e. The van der Waals surface area contributed by atoms with Gasteiger partial charge in [0, 0.05) is 0 Å². The van der Waals surface area contributed by atoms with Crippen molar-refractivity contribution in [3.63, 3.8) is 0 Å². The van der Waals surface area contributed by atoms with Crippen LogP contribution >= 0.6 is 0 Å². The van der Waals surface area contributed by atoms with Gasteiger partial charge in [0.2, 0.25) is 0 Å². The number of unbranched alkanes of at least 4 members (excludes halogenated alkanes) is 1. The van der Waals surface area contributed by atoms with Crippen LogP contribution in [0.5, 0.6) is 0 Å². The van der Waals surface area contributed by atoms with Crippen molar-refractivity contribution in [3.05, 3.63) is 36.0 Å². The molecule has 0 bridgehead atoms. The normalized spacial score (nSPS) is 26.3. The molecule has 1 rings (SSSR count). The standard InChI is InChI=1S/C13H20O/c1-3-4-5-6-7-12-9-8-11(2)13(14)10-12/h5-7,13-14H,2-4,8-10H2,1H3/b6-5-,12-7+/t13-/m1/s1. The number of allylic oxidation sites excluding steroid dienone is 3. The van der Waals surface area contributed by atoms with Crippen molar-refractivity contribution < 1.29 is 5.11 Å². The third-order valence-electron chi connectivity index (χ3n) is 2.62. The summed E-state index contributed by atoms with van der Waals surface area (Å²) in [6.07, 6.45) is 11.2. The summed E-state index contributed by atoms with van der Waals surface area (Å²) in [5, 5.41) is 9.59. The molecular formula is C13H20O. The summed E-state index contributed by atoms with van der Waals surface area (Å²) in [5.74, 6) is 0. The third-order valence-corrected chi connectivity index (χ3v) is 2.62. The summed E-state index contributed by atoms with van der Waals surface area (Å²) in [5.41, 5.74) is 2.33. The Balaban J connectivity index is 2.42. The van der Waals surface area contributed by atoms with Gasteiger partial charge >= 0.3 is 0 Å². The first-order valence-corrected chi connectivity index (χ1v) is 5.44. The Morgan fingerprint density at radius 1 is 1.50 bits per heavy atom. The van der Waals surface area contributed by atoms with Crippen LogP contribution in [0.15, 0.2) is 36.0 Å². The van der Waals surface area contributed by atoms with Crippen LogP contribution in [-0.4, -0.2) is 11.2 Å². The zero-order chi connectivity index (χ0) is 10.4. The van der Waals surface area contributed by atoms with Crippen molar-refractivity contribution in [1.29, 1.82) is 0 Å². The first-order chi connectivity index (χ1) is 6.74. The van der Waals surface area contributed by atoms with Crippen LogP contribution < -0.4 is 0 Å². The molecule has 1 N–H and O–H groups in total. The number of rotatable bonds is 3.